The van der Waals surface area contributed by atoms with E-state index in [1.54, 1.807) is 10.9 Å². The zero-order valence-electron chi connectivity index (χ0n) is 8.44. The van der Waals surface area contributed by atoms with Crippen LogP contribution >= 0.6 is 22.9 Å². The Morgan fingerprint density at radius 1 is 1.53 bits per heavy atom. The van der Waals surface area contributed by atoms with Gasteiger partial charge in [-0.3, -0.25) is 0 Å². The van der Waals surface area contributed by atoms with Crippen molar-refractivity contribution >= 4 is 28.8 Å². The summed E-state index contributed by atoms with van der Waals surface area (Å²) in [6.07, 6.45) is 1.71. The molecule has 80 valence electrons. The lowest BCUT2D eigenvalue weighted by Gasteiger charge is -1.98. The monoisotopic (exact) mass is 242 g/mol. The van der Waals surface area contributed by atoms with Crippen LogP contribution in [0.1, 0.15) is 25.5 Å². The van der Waals surface area contributed by atoms with Crippen molar-refractivity contribution in [2.24, 2.45) is 0 Å². The second-order valence-electron chi connectivity index (χ2n) is 3.47. The number of nitrogens with two attached hydrogens (primary N) is 1. The Kier molecular flexibility index (Phi) is 2.67. The third kappa shape index (κ3) is 1.72. The van der Waals surface area contributed by atoms with Gasteiger partial charge >= 0.3 is 0 Å². The minimum absolute atomic E-state index is 0.251. The normalized spacial score (nSPS) is 11.2. The zero-order valence-corrected chi connectivity index (χ0v) is 10.0. The highest BCUT2D eigenvalue weighted by Gasteiger charge is 2.17. The van der Waals surface area contributed by atoms with Crippen LogP contribution in [-0.4, -0.2) is 14.8 Å². The van der Waals surface area contributed by atoms with Gasteiger partial charge in [-0.1, -0.05) is 25.4 Å². The molecule has 0 aliphatic carbocycles. The summed E-state index contributed by atoms with van der Waals surface area (Å²) in [6.45, 7) is 4.06. The Hall–Kier alpha value is -1.07. The molecule has 2 aromatic heterocycles. The maximum absolute atomic E-state index is 6.09. The smallest absolute Gasteiger partial charge is 0.212 e. The summed E-state index contributed by atoms with van der Waals surface area (Å²) < 4.78 is 1.59. The van der Waals surface area contributed by atoms with Crippen LogP contribution in [0.15, 0.2) is 11.6 Å². The molecule has 0 fully saturated rings. The number of nitrogen functional groups attached to an aromatic ring is 1. The zero-order chi connectivity index (χ0) is 11.0. The maximum Gasteiger partial charge on any atom is 0.212 e. The number of anilines is 1. The molecule has 15 heavy (non-hydrogen) atoms. The lowest BCUT2D eigenvalue weighted by Crippen LogP contribution is -2.01. The van der Waals surface area contributed by atoms with Crippen molar-refractivity contribution < 1.29 is 0 Å². The molecule has 0 bridgehead atoms. The van der Waals surface area contributed by atoms with Gasteiger partial charge in [0.15, 0.2) is 0 Å². The molecule has 0 aliphatic heterocycles. The van der Waals surface area contributed by atoms with Crippen LogP contribution in [-0.2, 0) is 0 Å². The minimum Gasteiger partial charge on any atom is -0.382 e. The molecule has 0 aromatic carbocycles. The van der Waals surface area contributed by atoms with Crippen LogP contribution in [0.5, 0.6) is 0 Å². The lowest BCUT2D eigenvalue weighted by atomic mass is 10.1. The molecular formula is C9H11ClN4S. The van der Waals surface area contributed by atoms with Crippen molar-refractivity contribution in [3.8, 4) is 5.13 Å². The summed E-state index contributed by atoms with van der Waals surface area (Å²) in [5.41, 5.74) is 6.68. The molecule has 2 rings (SSSR count). The summed E-state index contributed by atoms with van der Waals surface area (Å²) in [4.78, 5) is 4.14. The van der Waals surface area contributed by atoms with Crippen molar-refractivity contribution in [2.45, 2.75) is 19.8 Å². The van der Waals surface area contributed by atoms with Gasteiger partial charge in [0, 0.05) is 11.6 Å². The van der Waals surface area contributed by atoms with Crippen molar-refractivity contribution in [1.82, 2.24) is 14.8 Å². The Balaban J connectivity index is 2.55. The van der Waals surface area contributed by atoms with E-state index in [2.05, 4.69) is 10.1 Å². The van der Waals surface area contributed by atoms with Gasteiger partial charge in [-0.15, -0.1) is 11.3 Å². The number of aromatic nitrogens is 3. The van der Waals surface area contributed by atoms with E-state index in [0.29, 0.717) is 10.8 Å². The fourth-order valence-corrected chi connectivity index (χ4v) is 2.21. The van der Waals surface area contributed by atoms with Gasteiger partial charge in [0.1, 0.15) is 10.8 Å². The predicted molar refractivity (Wildman–Crippen MR) is 62.7 cm³/mol. The Morgan fingerprint density at radius 3 is 2.73 bits per heavy atom. The SMILES string of the molecule is CC(C)c1nn(-c2nccs2)c(N)c1Cl. The van der Waals surface area contributed by atoms with Crippen molar-refractivity contribution in [2.75, 3.05) is 5.73 Å². The molecule has 0 unspecified atom stereocenters. The number of thiazole rings is 1. The van der Waals surface area contributed by atoms with E-state index in [-0.39, 0.29) is 5.92 Å². The highest BCUT2D eigenvalue weighted by atomic mass is 35.5. The molecule has 2 heterocycles. The maximum atomic E-state index is 6.09. The van der Waals surface area contributed by atoms with Crippen LogP contribution < -0.4 is 5.73 Å². The largest absolute Gasteiger partial charge is 0.382 e. The first-order valence-corrected chi connectivity index (χ1v) is 5.80. The number of hydrogen-bond donors (Lipinski definition) is 1. The molecule has 0 spiro atoms. The molecular weight excluding hydrogens is 232 g/mol. The van der Waals surface area contributed by atoms with Crippen LogP contribution in [0.25, 0.3) is 5.13 Å². The second-order valence-corrected chi connectivity index (χ2v) is 4.72. The molecule has 0 radical (unpaired) electrons. The van der Waals surface area contributed by atoms with Crippen LogP contribution in [0.4, 0.5) is 5.82 Å². The standard InChI is InChI=1S/C9H11ClN4S/c1-5(2)7-6(10)8(11)14(13-7)9-12-3-4-15-9/h3-5H,11H2,1-2H3. The van der Waals surface area contributed by atoms with Gasteiger partial charge in [-0.2, -0.15) is 9.78 Å². The molecule has 0 amide bonds. The summed E-state index contributed by atoms with van der Waals surface area (Å²) in [6, 6.07) is 0. The highest BCUT2D eigenvalue weighted by Crippen LogP contribution is 2.30. The van der Waals surface area contributed by atoms with Crippen molar-refractivity contribution in [3.05, 3.63) is 22.3 Å². The predicted octanol–water partition coefficient (Wildman–Crippen LogP) is 2.69. The Morgan fingerprint density at radius 2 is 2.27 bits per heavy atom. The quantitative estimate of drug-likeness (QED) is 0.881. The van der Waals surface area contributed by atoms with Crippen molar-refractivity contribution in [1.29, 1.82) is 0 Å². The van der Waals surface area contributed by atoms with E-state index >= 15 is 0 Å². The third-order valence-electron chi connectivity index (χ3n) is 2.03. The average molecular weight is 243 g/mol. The molecule has 6 heteroatoms. The molecule has 0 aliphatic rings. The fourth-order valence-electron chi connectivity index (χ4n) is 1.26. The first-order chi connectivity index (χ1) is 7.11. The molecule has 0 saturated heterocycles. The first-order valence-electron chi connectivity index (χ1n) is 4.55. The molecule has 2 N–H and O–H groups in total. The van der Waals surface area contributed by atoms with E-state index in [4.69, 9.17) is 17.3 Å². The molecule has 2 aromatic rings. The summed E-state index contributed by atoms with van der Waals surface area (Å²) in [7, 11) is 0. The minimum atomic E-state index is 0.251. The van der Waals surface area contributed by atoms with Crippen LogP contribution in [0.2, 0.25) is 5.02 Å². The van der Waals surface area contributed by atoms with Gasteiger partial charge in [-0.25, -0.2) is 4.98 Å². The molecule has 4 nitrogen and oxygen atoms in total. The van der Waals surface area contributed by atoms with Gasteiger partial charge in [0.2, 0.25) is 5.13 Å². The van der Waals surface area contributed by atoms with E-state index in [0.717, 1.165) is 10.8 Å². The van der Waals surface area contributed by atoms with Gasteiger partial charge in [0.25, 0.3) is 0 Å². The first kappa shape index (κ1) is 10.4. The molecule has 0 atom stereocenters. The lowest BCUT2D eigenvalue weighted by molar-refractivity contribution is 0.768. The number of rotatable bonds is 2. The fraction of sp³-hybridized carbons (Fsp3) is 0.333. The van der Waals surface area contributed by atoms with E-state index in [9.17, 15) is 0 Å². The number of nitrogens with zero attached hydrogens (tertiary/aromatic N) is 3. The van der Waals surface area contributed by atoms with Crippen molar-refractivity contribution in [3.63, 3.8) is 0 Å². The Labute approximate surface area is 96.7 Å². The molecule has 0 saturated carbocycles. The van der Waals surface area contributed by atoms with E-state index in [1.807, 2.05) is 19.2 Å². The van der Waals surface area contributed by atoms with Gasteiger partial charge in [-0.05, 0) is 5.92 Å². The number of hydrogen-bond acceptors (Lipinski definition) is 4. The van der Waals surface area contributed by atoms with Gasteiger partial charge < -0.3 is 5.73 Å². The topological polar surface area (TPSA) is 56.7 Å². The van der Waals surface area contributed by atoms with Crippen LogP contribution in [0, 0.1) is 0 Å². The van der Waals surface area contributed by atoms with E-state index < -0.39 is 0 Å². The summed E-state index contributed by atoms with van der Waals surface area (Å²) in [5.74, 6) is 0.705. The summed E-state index contributed by atoms with van der Waals surface area (Å²) in [5, 5.41) is 7.50. The van der Waals surface area contributed by atoms with E-state index in [1.165, 1.54) is 11.3 Å². The summed E-state index contributed by atoms with van der Waals surface area (Å²) >= 11 is 7.57. The number of halogens is 1. The second kappa shape index (κ2) is 3.83. The highest BCUT2D eigenvalue weighted by molar-refractivity contribution is 7.12. The third-order valence-corrected chi connectivity index (χ3v) is 3.17. The average Bonchev–Trinajstić information content (AvgIpc) is 2.77. The van der Waals surface area contributed by atoms with Gasteiger partial charge in [0.05, 0.1) is 5.69 Å². The van der Waals surface area contributed by atoms with Crippen LogP contribution in [0.3, 0.4) is 0 Å². The Bertz CT molecular complexity index is 461.